The highest BCUT2D eigenvalue weighted by Gasteiger charge is 2.45. The van der Waals surface area contributed by atoms with Crippen molar-refractivity contribution in [3.63, 3.8) is 0 Å². The molecule has 3 aliphatic rings. The first-order chi connectivity index (χ1) is 54.3. The molecule has 3 saturated carbocycles. The minimum Gasteiger partial charge on any atom is -0.0654 e. The highest BCUT2D eigenvalue weighted by molar-refractivity contribution is 4.95. The Morgan fingerprint density at radius 1 is 0.155 bits per heavy atom. The minimum atomic E-state index is 1.03. The van der Waals surface area contributed by atoms with E-state index in [1.54, 1.807) is 116 Å². The summed E-state index contributed by atoms with van der Waals surface area (Å²) in [6.07, 6.45) is 128. The Morgan fingerprint density at radius 2 is 0.327 bits per heavy atom. The molecule has 0 spiro atoms. The van der Waals surface area contributed by atoms with Crippen LogP contribution in [0.3, 0.4) is 0 Å². The third-order valence-corrected chi connectivity index (χ3v) is 29.9. The lowest BCUT2D eigenvalue weighted by Gasteiger charge is -2.51. The number of unbranched alkanes of at least 4 members (excludes halogenated alkanes) is 56. The zero-order valence-electron chi connectivity index (χ0n) is 79.7. The molecule has 0 amide bonds. The van der Waals surface area contributed by atoms with Crippen molar-refractivity contribution in [2.45, 2.75) is 635 Å². The lowest BCUT2D eigenvalue weighted by atomic mass is 9.54. The topological polar surface area (TPSA) is 0 Å². The van der Waals surface area contributed by atoms with Crippen LogP contribution in [0.4, 0.5) is 0 Å². The van der Waals surface area contributed by atoms with Gasteiger partial charge in [-0.05, 0) is 129 Å². The van der Waals surface area contributed by atoms with Crippen LogP contribution in [0.1, 0.15) is 635 Å². The van der Waals surface area contributed by atoms with Gasteiger partial charge in [-0.15, -0.1) is 0 Å². The Balaban J connectivity index is 0.000000826. The maximum Gasteiger partial charge on any atom is -0.0352 e. The molecule has 0 radical (unpaired) electrons. The molecule has 0 saturated heterocycles. The average Bonchev–Trinajstić information content (AvgIpc) is 0.788. The van der Waals surface area contributed by atoms with Gasteiger partial charge in [-0.1, -0.05) is 577 Å². The van der Waals surface area contributed by atoms with Crippen molar-refractivity contribution in [3.05, 3.63) is 0 Å². The zero-order valence-corrected chi connectivity index (χ0v) is 79.7. The number of fused-ring (bicyclic) bond motifs is 1. The van der Waals surface area contributed by atoms with E-state index in [-0.39, 0.29) is 0 Å². The molecular weight excluding hydrogens is 1320 g/mol. The van der Waals surface area contributed by atoms with Gasteiger partial charge in [0.15, 0.2) is 0 Å². The van der Waals surface area contributed by atoms with E-state index < -0.39 is 0 Å². The molecule has 0 aliphatic heterocycles. The number of rotatable bonds is 81. The van der Waals surface area contributed by atoms with Crippen LogP contribution in [0, 0.1) is 71.0 Å². The van der Waals surface area contributed by atoms with Crippen LogP contribution in [-0.2, 0) is 0 Å². The van der Waals surface area contributed by atoms with E-state index >= 15 is 0 Å². The molecule has 3 fully saturated rings. The molecule has 660 valence electrons. The highest BCUT2D eigenvalue weighted by atomic mass is 14.5. The first-order valence-electron chi connectivity index (χ1n) is 54.3. The van der Waals surface area contributed by atoms with Crippen molar-refractivity contribution in [2.24, 2.45) is 71.0 Å². The van der Waals surface area contributed by atoms with Crippen LogP contribution >= 0.6 is 0 Å². The third-order valence-electron chi connectivity index (χ3n) is 29.9. The standard InChI is InChI=1S/C38H74.C36H72.C36H74/c1-5-9-13-17-19-23-25-33-29-30-36-31-34(26-21-15-11-7-3)35(27-22-16-12-8-4)32-38(36)37(33)28-24-20-18-14-10-6-2;1-5-9-13-17-20-24-28-34-32-31-33(27-23-16-12-8-4)35(29-25-21-18-14-10-6-2)36(34)30-26-22-19-15-11-7-3;1-5-9-13-17-21-25-29-33-35(31-27-23-19-15-11-7-3)36(32-28-24-20-16-12-8-4)34-30-26-22-18-14-10-6-2/h33-38H,5-32H2,1-4H3;33-36H,5-32H2,1-4H3;35-36H,5-34H2,1-4H3. The van der Waals surface area contributed by atoms with Crippen molar-refractivity contribution >= 4 is 0 Å². The Bertz CT molecular complexity index is 1630. The summed E-state index contributed by atoms with van der Waals surface area (Å²) in [5, 5.41) is 0. The summed E-state index contributed by atoms with van der Waals surface area (Å²) in [6, 6.07) is 0. The first-order valence-corrected chi connectivity index (χ1v) is 54.3. The molecule has 110 heavy (non-hydrogen) atoms. The summed E-state index contributed by atoms with van der Waals surface area (Å²) in [5.41, 5.74) is 0. The summed E-state index contributed by atoms with van der Waals surface area (Å²) in [7, 11) is 0. The van der Waals surface area contributed by atoms with Gasteiger partial charge in [-0.25, -0.2) is 0 Å². The van der Waals surface area contributed by atoms with Crippen molar-refractivity contribution in [1.29, 1.82) is 0 Å². The third kappa shape index (κ3) is 61.3. The van der Waals surface area contributed by atoms with Crippen molar-refractivity contribution in [2.75, 3.05) is 0 Å². The maximum atomic E-state index is 2.38. The van der Waals surface area contributed by atoms with E-state index in [1.165, 1.54) is 437 Å². The smallest absolute Gasteiger partial charge is 0.0352 e. The second-order valence-corrected chi connectivity index (χ2v) is 39.6. The molecule has 0 heterocycles. The molecular formula is C110H220. The zero-order chi connectivity index (χ0) is 79.7. The van der Waals surface area contributed by atoms with Crippen LogP contribution in [0.5, 0.6) is 0 Å². The first kappa shape index (κ1) is 108. The molecule has 12 unspecified atom stereocenters. The SMILES string of the molecule is CCCCCCCCC1CCC(CCCCCC)C(CCCCCCCC)C1CCCCCCCC.CCCCCCCCC1CCC2CC(CCCCCC)C(CCCCCC)CC2C1CCCCCCCC.CCCCCCCCCC(CCCCCCCC)C(CCCCCCCC)CCCCCCCCC. The predicted octanol–water partition coefficient (Wildman–Crippen LogP) is 41.2. The lowest BCUT2D eigenvalue weighted by Crippen LogP contribution is -2.42. The van der Waals surface area contributed by atoms with Gasteiger partial charge in [0, 0.05) is 0 Å². The fourth-order valence-corrected chi connectivity index (χ4v) is 22.7. The molecule has 0 aromatic carbocycles. The molecule has 3 aliphatic carbocycles. The van der Waals surface area contributed by atoms with Crippen LogP contribution in [0.15, 0.2) is 0 Å². The van der Waals surface area contributed by atoms with E-state index in [0.29, 0.717) is 0 Å². The number of hydrogen-bond donors (Lipinski definition) is 0. The van der Waals surface area contributed by atoms with Gasteiger partial charge < -0.3 is 0 Å². The molecule has 0 N–H and O–H groups in total. The van der Waals surface area contributed by atoms with Gasteiger partial charge >= 0.3 is 0 Å². The van der Waals surface area contributed by atoms with Crippen LogP contribution in [0.2, 0.25) is 0 Å². The van der Waals surface area contributed by atoms with Crippen molar-refractivity contribution < 1.29 is 0 Å². The quantitative estimate of drug-likeness (QED) is 0.0533. The Morgan fingerprint density at radius 3 is 0.582 bits per heavy atom. The van der Waals surface area contributed by atoms with E-state index in [1.807, 2.05) is 0 Å². The van der Waals surface area contributed by atoms with Crippen molar-refractivity contribution in [3.8, 4) is 0 Å². The van der Waals surface area contributed by atoms with Crippen LogP contribution in [-0.4, -0.2) is 0 Å². The van der Waals surface area contributed by atoms with Gasteiger partial charge in [0.25, 0.3) is 0 Å². The van der Waals surface area contributed by atoms with Crippen molar-refractivity contribution in [1.82, 2.24) is 0 Å². The normalized spacial score (nSPS) is 21.2. The van der Waals surface area contributed by atoms with Crippen LogP contribution < -0.4 is 0 Å². The summed E-state index contributed by atoms with van der Waals surface area (Å²) in [4.78, 5) is 0. The molecule has 12 atom stereocenters. The molecule has 0 aromatic rings. The van der Waals surface area contributed by atoms with E-state index in [4.69, 9.17) is 0 Å². The average molecular weight is 1540 g/mol. The summed E-state index contributed by atoms with van der Waals surface area (Å²) < 4.78 is 0. The Kier molecular flexibility index (Phi) is 83.9. The summed E-state index contributed by atoms with van der Waals surface area (Å²) in [6.45, 7) is 28.2. The van der Waals surface area contributed by atoms with Gasteiger partial charge in [-0.3, -0.25) is 0 Å². The fraction of sp³-hybridized carbons (Fsp3) is 1.00. The lowest BCUT2D eigenvalue weighted by molar-refractivity contribution is -0.00866. The summed E-state index contributed by atoms with van der Waals surface area (Å²) >= 11 is 0. The van der Waals surface area contributed by atoms with Gasteiger partial charge in [-0.2, -0.15) is 0 Å². The second kappa shape index (κ2) is 85.4. The Labute approximate surface area is 702 Å². The van der Waals surface area contributed by atoms with Gasteiger partial charge in [0.2, 0.25) is 0 Å². The summed E-state index contributed by atoms with van der Waals surface area (Å²) in [5.74, 6) is 12.8. The van der Waals surface area contributed by atoms with E-state index in [0.717, 1.165) is 71.0 Å². The fourth-order valence-electron chi connectivity index (χ4n) is 22.7. The molecule has 3 rings (SSSR count). The van der Waals surface area contributed by atoms with E-state index in [9.17, 15) is 0 Å². The van der Waals surface area contributed by atoms with Gasteiger partial charge in [0.05, 0.1) is 0 Å². The molecule has 0 nitrogen and oxygen atoms in total. The largest absolute Gasteiger partial charge is 0.0654 e. The van der Waals surface area contributed by atoms with Crippen LogP contribution in [0.25, 0.3) is 0 Å². The monoisotopic (exact) mass is 1540 g/mol. The number of hydrogen-bond acceptors (Lipinski definition) is 0. The minimum absolute atomic E-state index is 1.03. The molecule has 0 aromatic heterocycles. The Hall–Kier alpha value is 0. The predicted molar refractivity (Wildman–Crippen MR) is 507 cm³/mol. The second-order valence-electron chi connectivity index (χ2n) is 39.6. The molecule has 0 heteroatoms. The molecule has 0 bridgehead atoms. The highest BCUT2D eigenvalue weighted by Crippen LogP contribution is 2.55. The maximum absolute atomic E-state index is 2.38. The van der Waals surface area contributed by atoms with Gasteiger partial charge in [0.1, 0.15) is 0 Å². The van der Waals surface area contributed by atoms with E-state index in [2.05, 4.69) is 83.1 Å².